The van der Waals surface area contributed by atoms with Crippen molar-refractivity contribution in [3.05, 3.63) is 18.2 Å². The number of rotatable bonds is 6. The molecular weight excluding hydrogens is 310 g/mol. The third-order valence-electron chi connectivity index (χ3n) is 2.94. The van der Waals surface area contributed by atoms with Crippen LogP contribution in [0.5, 0.6) is 5.75 Å². The fourth-order valence-corrected chi connectivity index (χ4v) is 2.64. The lowest BCUT2D eigenvalue weighted by atomic mass is 10.2. The first kappa shape index (κ1) is 16.2. The van der Waals surface area contributed by atoms with Crippen LogP contribution in [0.1, 0.15) is 12.8 Å². The van der Waals surface area contributed by atoms with Crippen molar-refractivity contribution in [2.45, 2.75) is 12.8 Å². The van der Waals surface area contributed by atoms with Gasteiger partial charge in [-0.2, -0.15) is 0 Å². The van der Waals surface area contributed by atoms with E-state index >= 15 is 0 Å². The van der Waals surface area contributed by atoms with Gasteiger partial charge in [0.05, 0.1) is 17.6 Å². The van der Waals surface area contributed by atoms with Gasteiger partial charge in [-0.25, -0.2) is 8.42 Å². The molecule has 9 heteroatoms. The van der Waals surface area contributed by atoms with Crippen LogP contribution in [0.2, 0.25) is 0 Å². The number of hydrogen-bond acceptors (Lipinski definition) is 6. The summed E-state index contributed by atoms with van der Waals surface area (Å²) in [7, 11) is -1.85. The zero-order valence-electron chi connectivity index (χ0n) is 12.3. The lowest BCUT2D eigenvalue weighted by Crippen LogP contribution is -2.28. The van der Waals surface area contributed by atoms with Crippen molar-refractivity contribution in [2.75, 3.05) is 29.7 Å². The van der Waals surface area contributed by atoms with Gasteiger partial charge < -0.3 is 4.74 Å². The normalized spacial score (nSPS) is 15.3. The third kappa shape index (κ3) is 3.74. The molecule has 1 aliphatic rings. The quantitative estimate of drug-likeness (QED) is 0.574. The Kier molecular flexibility index (Phi) is 4.67. The van der Waals surface area contributed by atoms with Crippen LogP contribution in [0, 0.1) is 0 Å². The van der Waals surface area contributed by atoms with Crippen LogP contribution in [-0.2, 0) is 19.6 Å². The molecule has 0 aromatic heterocycles. The molecule has 0 radical (unpaired) electrons. The molecule has 2 N–H and O–H groups in total. The van der Waals surface area contributed by atoms with Crippen molar-refractivity contribution in [3.63, 3.8) is 0 Å². The van der Waals surface area contributed by atoms with E-state index in [1.54, 1.807) is 13.1 Å². The van der Waals surface area contributed by atoms with Gasteiger partial charge in [0.15, 0.2) is 0 Å². The average molecular weight is 327 g/mol. The molecular formula is C13H17N3O5S. The number of carbonyl (C=O) groups excluding carboxylic acids is 2. The van der Waals surface area contributed by atoms with E-state index in [0.29, 0.717) is 11.4 Å². The van der Waals surface area contributed by atoms with E-state index in [2.05, 4.69) is 10.0 Å². The Balaban J connectivity index is 2.39. The first-order valence-corrected chi connectivity index (χ1v) is 8.46. The van der Waals surface area contributed by atoms with Gasteiger partial charge in [0.2, 0.25) is 21.8 Å². The van der Waals surface area contributed by atoms with Crippen LogP contribution in [0.15, 0.2) is 18.2 Å². The number of anilines is 2. The van der Waals surface area contributed by atoms with Gasteiger partial charge in [0, 0.05) is 12.8 Å². The Bertz CT molecular complexity index is 686. The predicted molar refractivity (Wildman–Crippen MR) is 81.2 cm³/mol. The molecule has 2 amide bonds. The van der Waals surface area contributed by atoms with E-state index in [9.17, 15) is 18.0 Å². The van der Waals surface area contributed by atoms with Crippen LogP contribution in [-0.4, -0.2) is 40.3 Å². The molecule has 120 valence electrons. The Morgan fingerprint density at radius 3 is 2.41 bits per heavy atom. The highest BCUT2D eigenvalue weighted by Gasteiger charge is 2.30. The van der Waals surface area contributed by atoms with E-state index in [-0.39, 0.29) is 37.1 Å². The lowest BCUT2D eigenvalue weighted by molar-refractivity contribution is -0.121. The SMILES string of the molecule is CNCOc1ccc(N2C(=O)CCC2=O)cc1NS(C)(=O)=O. The van der Waals surface area contributed by atoms with Crippen LogP contribution in [0.4, 0.5) is 11.4 Å². The van der Waals surface area contributed by atoms with Crippen molar-refractivity contribution < 1.29 is 22.7 Å². The molecule has 22 heavy (non-hydrogen) atoms. The molecule has 1 aromatic rings. The topological polar surface area (TPSA) is 105 Å². The van der Waals surface area contributed by atoms with Gasteiger partial charge >= 0.3 is 0 Å². The van der Waals surface area contributed by atoms with Crippen LogP contribution in [0.3, 0.4) is 0 Å². The van der Waals surface area contributed by atoms with Crippen LogP contribution >= 0.6 is 0 Å². The molecule has 0 unspecified atom stereocenters. The smallest absolute Gasteiger partial charge is 0.234 e. The number of benzene rings is 1. The monoisotopic (exact) mass is 327 g/mol. The fourth-order valence-electron chi connectivity index (χ4n) is 2.08. The minimum Gasteiger partial charge on any atom is -0.476 e. The van der Waals surface area contributed by atoms with Crippen molar-refractivity contribution in [2.24, 2.45) is 0 Å². The van der Waals surface area contributed by atoms with E-state index in [1.807, 2.05) is 0 Å². The first-order chi connectivity index (χ1) is 10.3. The molecule has 1 heterocycles. The molecule has 1 fully saturated rings. The Labute approximate surface area is 128 Å². The summed E-state index contributed by atoms with van der Waals surface area (Å²) in [5, 5.41) is 2.77. The fraction of sp³-hybridized carbons (Fsp3) is 0.385. The maximum atomic E-state index is 11.8. The molecule has 8 nitrogen and oxygen atoms in total. The van der Waals surface area contributed by atoms with Gasteiger partial charge in [-0.3, -0.25) is 24.5 Å². The molecule has 0 saturated carbocycles. The van der Waals surface area contributed by atoms with Gasteiger partial charge in [-0.1, -0.05) is 0 Å². The lowest BCUT2D eigenvalue weighted by Gasteiger charge is -2.18. The second-order valence-electron chi connectivity index (χ2n) is 4.82. The standard InChI is InChI=1S/C13H17N3O5S/c1-14-8-21-11-4-3-9(7-10(11)15-22(2,19)20)16-12(17)5-6-13(16)18/h3-4,7,14-15H,5-6,8H2,1-2H3. The molecule has 0 aliphatic carbocycles. The summed E-state index contributed by atoms with van der Waals surface area (Å²) in [5.74, 6) is -0.319. The molecule has 0 atom stereocenters. The number of ether oxygens (including phenoxy) is 1. The maximum Gasteiger partial charge on any atom is 0.234 e. The molecule has 1 aromatic carbocycles. The molecule has 1 saturated heterocycles. The first-order valence-electron chi connectivity index (χ1n) is 6.57. The largest absolute Gasteiger partial charge is 0.476 e. The summed E-state index contributed by atoms with van der Waals surface area (Å²) in [4.78, 5) is 24.6. The minimum absolute atomic E-state index is 0.158. The van der Waals surface area contributed by atoms with E-state index in [0.717, 1.165) is 11.2 Å². The summed E-state index contributed by atoms with van der Waals surface area (Å²) in [6.07, 6.45) is 1.32. The summed E-state index contributed by atoms with van der Waals surface area (Å²) in [5.41, 5.74) is 0.484. The average Bonchev–Trinajstić information content (AvgIpc) is 2.75. The van der Waals surface area contributed by atoms with E-state index in [4.69, 9.17) is 4.74 Å². The highest BCUT2D eigenvalue weighted by atomic mass is 32.2. The molecule has 2 rings (SSSR count). The maximum absolute atomic E-state index is 11.8. The zero-order valence-corrected chi connectivity index (χ0v) is 13.1. The van der Waals surface area contributed by atoms with Crippen molar-refractivity contribution in [3.8, 4) is 5.75 Å². The molecule has 0 bridgehead atoms. The Morgan fingerprint density at radius 1 is 1.23 bits per heavy atom. The second-order valence-corrected chi connectivity index (χ2v) is 6.57. The minimum atomic E-state index is -3.53. The summed E-state index contributed by atoms with van der Waals surface area (Å²) >= 11 is 0. The van der Waals surface area contributed by atoms with Crippen molar-refractivity contribution >= 4 is 33.2 Å². The van der Waals surface area contributed by atoms with E-state index < -0.39 is 10.0 Å². The number of amides is 2. The van der Waals surface area contributed by atoms with Gasteiger partial charge in [-0.15, -0.1) is 0 Å². The Hall–Kier alpha value is -2.13. The zero-order chi connectivity index (χ0) is 16.3. The van der Waals surface area contributed by atoms with Crippen LogP contribution in [0.25, 0.3) is 0 Å². The number of hydrogen-bond donors (Lipinski definition) is 2. The van der Waals surface area contributed by atoms with Crippen LogP contribution < -0.4 is 19.7 Å². The molecule has 0 spiro atoms. The van der Waals surface area contributed by atoms with Gasteiger partial charge in [-0.05, 0) is 25.2 Å². The number of carbonyl (C=O) groups is 2. The van der Waals surface area contributed by atoms with Gasteiger partial charge in [0.1, 0.15) is 12.5 Å². The number of nitrogens with one attached hydrogen (secondary N) is 2. The van der Waals surface area contributed by atoms with E-state index in [1.165, 1.54) is 12.1 Å². The Morgan fingerprint density at radius 2 is 1.86 bits per heavy atom. The third-order valence-corrected chi connectivity index (χ3v) is 3.53. The highest BCUT2D eigenvalue weighted by molar-refractivity contribution is 7.92. The number of sulfonamides is 1. The molecule has 1 aliphatic heterocycles. The number of imide groups is 1. The summed E-state index contributed by atoms with van der Waals surface area (Å²) in [6, 6.07) is 4.46. The van der Waals surface area contributed by atoms with Crippen molar-refractivity contribution in [1.29, 1.82) is 0 Å². The summed E-state index contributed by atoms with van der Waals surface area (Å²) in [6.45, 7) is 0.180. The van der Waals surface area contributed by atoms with Crippen molar-refractivity contribution in [1.82, 2.24) is 5.32 Å². The highest BCUT2D eigenvalue weighted by Crippen LogP contribution is 2.32. The van der Waals surface area contributed by atoms with Gasteiger partial charge in [0.25, 0.3) is 0 Å². The number of nitrogens with zero attached hydrogens (tertiary/aromatic N) is 1. The second kappa shape index (κ2) is 6.32. The summed E-state index contributed by atoms with van der Waals surface area (Å²) < 4.78 is 30.6. The predicted octanol–water partition coefficient (Wildman–Crippen LogP) is 0.267.